The molecular weight excluding hydrogens is 368 g/mol. The van der Waals surface area contributed by atoms with Crippen LogP contribution in [0.25, 0.3) is 0 Å². The molecule has 29 heavy (non-hydrogen) atoms. The first-order valence-electron chi connectivity index (χ1n) is 9.75. The van der Waals surface area contributed by atoms with E-state index in [1.54, 1.807) is 36.4 Å². The van der Waals surface area contributed by atoms with Crippen molar-refractivity contribution in [2.45, 2.75) is 39.7 Å². The number of ketones is 1. The molecule has 0 bridgehead atoms. The summed E-state index contributed by atoms with van der Waals surface area (Å²) in [6.45, 7) is 9.42. The molecule has 152 valence electrons. The molecule has 0 aliphatic heterocycles. The van der Waals surface area contributed by atoms with Crippen molar-refractivity contribution in [3.05, 3.63) is 66.3 Å². The Balaban J connectivity index is 1.60. The van der Waals surface area contributed by atoms with Crippen molar-refractivity contribution in [1.82, 2.24) is 0 Å². The van der Waals surface area contributed by atoms with Crippen molar-refractivity contribution in [2.24, 2.45) is 17.3 Å². The van der Waals surface area contributed by atoms with Crippen molar-refractivity contribution in [3.8, 4) is 5.75 Å². The summed E-state index contributed by atoms with van der Waals surface area (Å²) in [6.07, 6.45) is 4.93. The van der Waals surface area contributed by atoms with E-state index in [0.717, 1.165) is 5.57 Å². The summed E-state index contributed by atoms with van der Waals surface area (Å²) in [4.78, 5) is 36.8. The van der Waals surface area contributed by atoms with Crippen molar-refractivity contribution in [3.63, 3.8) is 0 Å². The van der Waals surface area contributed by atoms with E-state index in [0.29, 0.717) is 17.7 Å². The van der Waals surface area contributed by atoms with E-state index in [2.05, 4.69) is 6.58 Å². The molecule has 0 spiro atoms. The number of esters is 2. The molecule has 3 rings (SSSR count). The van der Waals surface area contributed by atoms with E-state index in [-0.39, 0.29) is 35.4 Å². The van der Waals surface area contributed by atoms with Gasteiger partial charge in [-0.05, 0) is 42.4 Å². The maximum Gasteiger partial charge on any atom is 0.335 e. The fourth-order valence-electron chi connectivity index (χ4n) is 3.93. The molecule has 1 fully saturated rings. The van der Waals surface area contributed by atoms with E-state index in [9.17, 15) is 14.4 Å². The topological polar surface area (TPSA) is 69.7 Å². The molecule has 0 aromatic heterocycles. The summed E-state index contributed by atoms with van der Waals surface area (Å²) in [5, 5.41) is 0. The van der Waals surface area contributed by atoms with Gasteiger partial charge in [0.2, 0.25) is 0 Å². The van der Waals surface area contributed by atoms with E-state index < -0.39 is 12.1 Å². The number of Topliss-reactive ketones (excluding diaryl/α,β-unsaturated/α-hetero) is 1. The zero-order valence-corrected chi connectivity index (χ0v) is 17.0. The lowest BCUT2D eigenvalue weighted by atomic mass is 10.1. The number of benzene rings is 1. The molecule has 1 saturated carbocycles. The third kappa shape index (κ3) is 4.39. The molecule has 2 aliphatic rings. The molecular formula is C24H26O5. The molecule has 0 radical (unpaired) electrons. The van der Waals surface area contributed by atoms with Gasteiger partial charge in [0.15, 0.2) is 5.78 Å². The van der Waals surface area contributed by atoms with Crippen LogP contribution in [0, 0.1) is 17.3 Å². The van der Waals surface area contributed by atoms with Crippen LogP contribution in [0.2, 0.25) is 0 Å². The lowest BCUT2D eigenvalue weighted by molar-refractivity contribution is -0.150. The van der Waals surface area contributed by atoms with Crippen LogP contribution in [0.1, 0.15) is 33.6 Å². The summed E-state index contributed by atoms with van der Waals surface area (Å²) in [6, 6.07) is 8.81. The Kier molecular flexibility index (Phi) is 5.87. The Morgan fingerprint density at radius 2 is 1.93 bits per heavy atom. The maximum atomic E-state index is 12.7. The van der Waals surface area contributed by atoms with E-state index >= 15 is 0 Å². The van der Waals surface area contributed by atoms with Crippen LogP contribution < -0.4 is 4.74 Å². The molecule has 0 saturated heterocycles. The number of para-hydroxylation sites is 1. The van der Waals surface area contributed by atoms with Crippen LogP contribution in [0.3, 0.4) is 0 Å². The van der Waals surface area contributed by atoms with Crippen molar-refractivity contribution < 1.29 is 23.9 Å². The van der Waals surface area contributed by atoms with Gasteiger partial charge in [0, 0.05) is 11.6 Å². The minimum absolute atomic E-state index is 0.00959. The highest BCUT2D eigenvalue weighted by molar-refractivity contribution is 6.00. The lowest BCUT2D eigenvalue weighted by Gasteiger charge is -2.13. The number of carbonyl (C=O) groups excluding carboxylic acids is 3. The lowest BCUT2D eigenvalue weighted by Crippen LogP contribution is -2.20. The van der Waals surface area contributed by atoms with E-state index in [4.69, 9.17) is 9.47 Å². The average molecular weight is 394 g/mol. The summed E-state index contributed by atoms with van der Waals surface area (Å²) in [7, 11) is 0. The van der Waals surface area contributed by atoms with Crippen LogP contribution in [-0.2, 0) is 19.1 Å². The van der Waals surface area contributed by atoms with Gasteiger partial charge in [-0.1, -0.05) is 44.2 Å². The number of carbonyl (C=O) groups is 3. The minimum atomic E-state index is -0.506. The number of ether oxygens (including phenoxy) is 2. The van der Waals surface area contributed by atoms with Gasteiger partial charge in [-0.25, -0.2) is 4.79 Å². The predicted molar refractivity (Wildman–Crippen MR) is 109 cm³/mol. The summed E-state index contributed by atoms with van der Waals surface area (Å²) < 4.78 is 10.9. The average Bonchev–Trinajstić information content (AvgIpc) is 3.14. The third-order valence-corrected chi connectivity index (χ3v) is 5.84. The van der Waals surface area contributed by atoms with Crippen molar-refractivity contribution >= 4 is 17.7 Å². The van der Waals surface area contributed by atoms with Crippen LogP contribution in [0.4, 0.5) is 0 Å². The van der Waals surface area contributed by atoms with Gasteiger partial charge >= 0.3 is 11.9 Å². The number of allylic oxidation sites excluding steroid dienone is 3. The SMILES string of the molecule is C=CCC1=C(C)[C@@H](OC(=O)[C@@H]2[C@H](/C=C\C(=O)Oc3ccccc3)C2(C)C)CC1=O. The third-order valence-electron chi connectivity index (χ3n) is 5.84. The number of hydrogen-bond donors (Lipinski definition) is 0. The molecule has 5 nitrogen and oxygen atoms in total. The number of hydrogen-bond acceptors (Lipinski definition) is 5. The molecule has 0 heterocycles. The second-order valence-electron chi connectivity index (χ2n) is 8.13. The Bertz CT molecular complexity index is 891. The van der Waals surface area contributed by atoms with Crippen LogP contribution in [0.5, 0.6) is 5.75 Å². The van der Waals surface area contributed by atoms with Gasteiger partial charge < -0.3 is 9.47 Å². The van der Waals surface area contributed by atoms with Gasteiger partial charge in [0.1, 0.15) is 11.9 Å². The molecule has 0 amide bonds. The first-order valence-corrected chi connectivity index (χ1v) is 9.75. The summed E-state index contributed by atoms with van der Waals surface area (Å²) in [5.41, 5.74) is 1.18. The van der Waals surface area contributed by atoms with Gasteiger partial charge in [0.25, 0.3) is 0 Å². The highest BCUT2D eigenvalue weighted by atomic mass is 16.5. The van der Waals surface area contributed by atoms with Gasteiger partial charge in [-0.2, -0.15) is 0 Å². The summed E-state index contributed by atoms with van der Waals surface area (Å²) >= 11 is 0. The van der Waals surface area contributed by atoms with E-state index in [1.807, 2.05) is 26.8 Å². The quantitative estimate of drug-likeness (QED) is 0.300. The fourth-order valence-corrected chi connectivity index (χ4v) is 3.93. The Hall–Kier alpha value is -2.95. The van der Waals surface area contributed by atoms with Gasteiger partial charge in [-0.3, -0.25) is 9.59 Å². The second kappa shape index (κ2) is 8.19. The Morgan fingerprint density at radius 1 is 1.24 bits per heavy atom. The van der Waals surface area contributed by atoms with Gasteiger partial charge in [0.05, 0.1) is 12.3 Å². The van der Waals surface area contributed by atoms with Crippen LogP contribution in [0.15, 0.2) is 66.3 Å². The molecule has 3 atom stereocenters. The maximum absolute atomic E-state index is 12.7. The smallest absolute Gasteiger partial charge is 0.335 e. The zero-order chi connectivity index (χ0) is 21.2. The Labute approximate surface area is 171 Å². The zero-order valence-electron chi connectivity index (χ0n) is 17.0. The second-order valence-corrected chi connectivity index (χ2v) is 8.13. The first kappa shape index (κ1) is 20.8. The largest absolute Gasteiger partial charge is 0.457 e. The molecule has 0 N–H and O–H groups in total. The monoisotopic (exact) mass is 394 g/mol. The molecule has 5 heteroatoms. The Morgan fingerprint density at radius 3 is 2.59 bits per heavy atom. The highest BCUT2D eigenvalue weighted by Crippen LogP contribution is 2.59. The molecule has 1 aromatic rings. The molecule has 2 aliphatic carbocycles. The van der Waals surface area contributed by atoms with Crippen molar-refractivity contribution in [2.75, 3.05) is 0 Å². The number of rotatable bonds is 7. The van der Waals surface area contributed by atoms with Crippen LogP contribution >= 0.6 is 0 Å². The van der Waals surface area contributed by atoms with Crippen molar-refractivity contribution in [1.29, 1.82) is 0 Å². The first-order chi connectivity index (χ1) is 13.8. The molecule has 1 aromatic carbocycles. The molecule has 0 unspecified atom stereocenters. The van der Waals surface area contributed by atoms with E-state index in [1.165, 1.54) is 6.08 Å². The standard InChI is InChI=1S/C24H26O5/c1-5-9-17-15(2)20(14-19(17)25)29-23(27)22-18(24(22,3)4)12-13-21(26)28-16-10-7-6-8-11-16/h5-8,10-13,18,20,22H,1,9,14H2,2-4H3/b13-12-/t18-,20-,22-/m0/s1. The fraction of sp³-hybridized carbons (Fsp3) is 0.375. The normalized spacial score (nSPS) is 25.2. The minimum Gasteiger partial charge on any atom is -0.457 e. The summed E-state index contributed by atoms with van der Waals surface area (Å²) in [5.74, 6) is -0.813. The van der Waals surface area contributed by atoms with Crippen LogP contribution in [-0.4, -0.2) is 23.8 Å². The van der Waals surface area contributed by atoms with Gasteiger partial charge in [-0.15, -0.1) is 6.58 Å². The highest BCUT2D eigenvalue weighted by Gasteiger charge is 2.61. The predicted octanol–water partition coefficient (Wildman–Crippen LogP) is 4.20.